The fourth-order valence-corrected chi connectivity index (χ4v) is 2.30. The highest BCUT2D eigenvalue weighted by Crippen LogP contribution is 2.11. The number of nitrogens with zero attached hydrogens (tertiary/aromatic N) is 1. The van der Waals surface area contributed by atoms with Crippen molar-refractivity contribution in [2.24, 2.45) is 0 Å². The van der Waals surface area contributed by atoms with Gasteiger partial charge in [0.2, 0.25) is 0 Å². The first-order valence-electron chi connectivity index (χ1n) is 6.39. The molecule has 0 aliphatic carbocycles. The molecule has 1 N–H and O–H groups in total. The summed E-state index contributed by atoms with van der Waals surface area (Å²) in [5.41, 5.74) is 1.20. The highest BCUT2D eigenvalue weighted by Gasteiger charge is 2.15. The molecule has 1 heterocycles. The molecule has 2 rings (SSSR count). The number of hydrogen-bond donors (Lipinski definition) is 1. The summed E-state index contributed by atoms with van der Waals surface area (Å²) in [5, 5.41) is 9.39. The molecule has 1 fully saturated rings. The van der Waals surface area contributed by atoms with Crippen LogP contribution in [0.3, 0.4) is 0 Å². The van der Waals surface area contributed by atoms with E-state index in [4.69, 9.17) is 0 Å². The van der Waals surface area contributed by atoms with Crippen molar-refractivity contribution in [1.29, 1.82) is 0 Å². The second-order valence-electron chi connectivity index (χ2n) is 4.80. The van der Waals surface area contributed by atoms with Crippen LogP contribution in [0.15, 0.2) is 24.3 Å². The third-order valence-corrected chi connectivity index (χ3v) is 3.41. The fourth-order valence-electron chi connectivity index (χ4n) is 2.30. The molecule has 0 spiro atoms. The number of halogens is 1. The van der Waals surface area contributed by atoms with E-state index < -0.39 is 0 Å². The third-order valence-electron chi connectivity index (χ3n) is 3.41. The Bertz CT molecular complexity index is 331. The molecule has 0 radical (unpaired) electrons. The van der Waals surface area contributed by atoms with E-state index in [1.807, 2.05) is 12.1 Å². The van der Waals surface area contributed by atoms with Crippen LogP contribution >= 0.6 is 0 Å². The van der Waals surface area contributed by atoms with Crippen LogP contribution < -0.4 is 0 Å². The molecule has 0 bridgehead atoms. The van der Waals surface area contributed by atoms with Gasteiger partial charge in [0.05, 0.1) is 6.10 Å². The normalized spacial score (nSPS) is 18.5. The van der Waals surface area contributed by atoms with Gasteiger partial charge >= 0.3 is 0 Å². The highest BCUT2D eigenvalue weighted by atomic mass is 19.1. The molecule has 17 heavy (non-hydrogen) atoms. The van der Waals surface area contributed by atoms with E-state index in [0.717, 1.165) is 45.3 Å². The van der Waals surface area contributed by atoms with Crippen LogP contribution in [-0.4, -0.2) is 35.7 Å². The van der Waals surface area contributed by atoms with Crippen molar-refractivity contribution in [2.75, 3.05) is 19.6 Å². The molecule has 3 heteroatoms. The summed E-state index contributed by atoms with van der Waals surface area (Å²) in [6, 6.07) is 6.75. The zero-order valence-electron chi connectivity index (χ0n) is 10.1. The van der Waals surface area contributed by atoms with E-state index in [9.17, 15) is 9.50 Å². The van der Waals surface area contributed by atoms with Crippen LogP contribution in [-0.2, 0) is 6.42 Å². The Hall–Kier alpha value is -0.930. The van der Waals surface area contributed by atoms with Crippen LogP contribution in [0, 0.1) is 5.82 Å². The first-order valence-corrected chi connectivity index (χ1v) is 6.39. The van der Waals surface area contributed by atoms with Crippen molar-refractivity contribution in [2.45, 2.75) is 31.8 Å². The predicted molar refractivity (Wildman–Crippen MR) is 66.4 cm³/mol. The standard InChI is InChI=1S/C14H20FNO/c15-13-5-3-12(4-6-13)2-1-9-16-10-7-14(17)8-11-16/h3-6,14,17H,1-2,7-11H2. The first kappa shape index (κ1) is 12.5. The Kier molecular flexibility index (Phi) is 4.51. The maximum absolute atomic E-state index is 12.7. The minimum Gasteiger partial charge on any atom is -0.393 e. The van der Waals surface area contributed by atoms with Crippen molar-refractivity contribution in [3.63, 3.8) is 0 Å². The smallest absolute Gasteiger partial charge is 0.123 e. The maximum atomic E-state index is 12.7. The summed E-state index contributed by atoms with van der Waals surface area (Å²) >= 11 is 0. The molecule has 0 amide bonds. The van der Waals surface area contributed by atoms with Crippen molar-refractivity contribution in [1.82, 2.24) is 4.90 Å². The van der Waals surface area contributed by atoms with Crippen molar-refractivity contribution >= 4 is 0 Å². The fraction of sp³-hybridized carbons (Fsp3) is 0.571. The Labute approximate surface area is 102 Å². The topological polar surface area (TPSA) is 23.5 Å². The number of aryl methyl sites for hydroxylation is 1. The lowest BCUT2D eigenvalue weighted by molar-refractivity contribution is 0.0821. The summed E-state index contributed by atoms with van der Waals surface area (Å²) < 4.78 is 12.7. The van der Waals surface area contributed by atoms with E-state index in [1.165, 1.54) is 17.7 Å². The predicted octanol–water partition coefficient (Wildman–Crippen LogP) is 2.21. The van der Waals surface area contributed by atoms with E-state index in [0.29, 0.717) is 0 Å². The average Bonchev–Trinajstić information content (AvgIpc) is 2.34. The van der Waals surface area contributed by atoms with Gasteiger partial charge in [0.15, 0.2) is 0 Å². The Balaban J connectivity index is 1.67. The molecule has 2 nitrogen and oxygen atoms in total. The highest BCUT2D eigenvalue weighted by molar-refractivity contribution is 5.15. The molecule has 1 aromatic rings. The number of benzene rings is 1. The molecule has 0 unspecified atom stereocenters. The van der Waals surface area contributed by atoms with Gasteiger partial charge in [0.1, 0.15) is 5.82 Å². The molecule has 1 aliphatic rings. The third kappa shape index (κ3) is 4.10. The summed E-state index contributed by atoms with van der Waals surface area (Å²) in [7, 11) is 0. The number of aliphatic hydroxyl groups excluding tert-OH is 1. The molecular weight excluding hydrogens is 217 g/mol. The van der Waals surface area contributed by atoms with Crippen LogP contribution in [0.4, 0.5) is 4.39 Å². The lowest BCUT2D eigenvalue weighted by Crippen LogP contribution is -2.36. The summed E-state index contributed by atoms with van der Waals surface area (Å²) in [4.78, 5) is 2.40. The largest absolute Gasteiger partial charge is 0.393 e. The van der Waals surface area contributed by atoms with Gasteiger partial charge in [-0.15, -0.1) is 0 Å². The minimum absolute atomic E-state index is 0.0941. The molecule has 0 atom stereocenters. The Morgan fingerprint density at radius 2 is 1.82 bits per heavy atom. The summed E-state index contributed by atoms with van der Waals surface area (Å²) in [5.74, 6) is -0.168. The number of aliphatic hydroxyl groups is 1. The zero-order valence-corrected chi connectivity index (χ0v) is 10.1. The van der Waals surface area contributed by atoms with Crippen LogP contribution in [0.1, 0.15) is 24.8 Å². The summed E-state index contributed by atoms with van der Waals surface area (Å²) in [6.07, 6.45) is 3.80. The number of piperidine rings is 1. The molecule has 0 saturated carbocycles. The van der Waals surface area contributed by atoms with Gasteiger partial charge in [-0.2, -0.15) is 0 Å². The lowest BCUT2D eigenvalue weighted by atomic mass is 10.1. The summed E-state index contributed by atoms with van der Waals surface area (Å²) in [6.45, 7) is 3.08. The lowest BCUT2D eigenvalue weighted by Gasteiger charge is -2.29. The van der Waals surface area contributed by atoms with Crippen LogP contribution in [0.25, 0.3) is 0 Å². The monoisotopic (exact) mass is 237 g/mol. The van der Waals surface area contributed by atoms with E-state index in [1.54, 1.807) is 0 Å². The molecule has 1 aromatic carbocycles. The van der Waals surface area contributed by atoms with E-state index >= 15 is 0 Å². The van der Waals surface area contributed by atoms with Crippen molar-refractivity contribution < 1.29 is 9.50 Å². The van der Waals surface area contributed by atoms with Gasteiger partial charge in [0, 0.05) is 13.1 Å². The average molecular weight is 237 g/mol. The molecule has 0 aromatic heterocycles. The second kappa shape index (κ2) is 6.12. The molecule has 1 saturated heterocycles. The quantitative estimate of drug-likeness (QED) is 0.868. The van der Waals surface area contributed by atoms with Gasteiger partial charge in [0.25, 0.3) is 0 Å². The van der Waals surface area contributed by atoms with Gasteiger partial charge < -0.3 is 10.0 Å². The van der Waals surface area contributed by atoms with Crippen LogP contribution in [0.5, 0.6) is 0 Å². The second-order valence-corrected chi connectivity index (χ2v) is 4.80. The molecule has 94 valence electrons. The van der Waals surface area contributed by atoms with Gasteiger partial charge in [-0.05, 0) is 49.9 Å². The van der Waals surface area contributed by atoms with Crippen molar-refractivity contribution in [3.05, 3.63) is 35.6 Å². The van der Waals surface area contributed by atoms with Crippen LogP contribution in [0.2, 0.25) is 0 Å². The Morgan fingerprint density at radius 1 is 1.18 bits per heavy atom. The number of rotatable bonds is 4. The zero-order chi connectivity index (χ0) is 12.1. The SMILES string of the molecule is OC1CCN(CCCc2ccc(F)cc2)CC1. The molecule has 1 aliphatic heterocycles. The van der Waals surface area contributed by atoms with E-state index in [2.05, 4.69) is 4.90 Å². The van der Waals surface area contributed by atoms with Crippen molar-refractivity contribution in [3.8, 4) is 0 Å². The Morgan fingerprint density at radius 3 is 2.47 bits per heavy atom. The minimum atomic E-state index is -0.168. The number of likely N-dealkylation sites (tertiary alicyclic amines) is 1. The number of hydrogen-bond acceptors (Lipinski definition) is 2. The van der Waals surface area contributed by atoms with Gasteiger partial charge in [-0.3, -0.25) is 0 Å². The van der Waals surface area contributed by atoms with Gasteiger partial charge in [-0.1, -0.05) is 12.1 Å². The molecular formula is C14H20FNO. The van der Waals surface area contributed by atoms with Gasteiger partial charge in [-0.25, -0.2) is 4.39 Å². The first-order chi connectivity index (χ1) is 8.24. The maximum Gasteiger partial charge on any atom is 0.123 e. The van der Waals surface area contributed by atoms with E-state index in [-0.39, 0.29) is 11.9 Å².